The molecule has 0 aliphatic heterocycles. The minimum atomic E-state index is 0.0301. The highest BCUT2D eigenvalue weighted by Gasteiger charge is 2.40. The van der Waals surface area contributed by atoms with Gasteiger partial charge in [-0.05, 0) is 61.3 Å². The number of rotatable bonds is 4. The van der Waals surface area contributed by atoms with Crippen LogP contribution in [0, 0.1) is 18.8 Å². The third-order valence-electron chi connectivity index (χ3n) is 6.38. The molecule has 3 atom stereocenters. The number of amides is 1. The third kappa shape index (κ3) is 2.56. The lowest BCUT2D eigenvalue weighted by Crippen LogP contribution is -2.39. The van der Waals surface area contributed by atoms with Crippen molar-refractivity contribution in [3.63, 3.8) is 0 Å². The lowest BCUT2D eigenvalue weighted by atomic mass is 9.95. The number of carbonyl (C=O) groups excluding carboxylic acids is 1. The predicted octanol–water partition coefficient (Wildman–Crippen LogP) is 4.51. The van der Waals surface area contributed by atoms with Gasteiger partial charge in [0.1, 0.15) is 5.69 Å². The molecule has 1 aromatic carbocycles. The normalized spacial score (nSPS) is 24.4. The molecule has 2 fully saturated rings. The van der Waals surface area contributed by atoms with Gasteiger partial charge < -0.3 is 14.3 Å². The summed E-state index contributed by atoms with van der Waals surface area (Å²) in [6.45, 7) is 2.75. The van der Waals surface area contributed by atoms with E-state index in [4.69, 9.17) is 4.42 Å². The number of benzene rings is 1. The van der Waals surface area contributed by atoms with Gasteiger partial charge in [-0.3, -0.25) is 4.79 Å². The molecule has 2 aromatic heterocycles. The van der Waals surface area contributed by atoms with Crippen LogP contribution in [0.4, 0.5) is 0 Å². The maximum Gasteiger partial charge on any atom is 0.268 e. The molecule has 2 aliphatic carbocycles. The van der Waals surface area contributed by atoms with Gasteiger partial charge in [-0.2, -0.15) is 0 Å². The van der Waals surface area contributed by atoms with Crippen LogP contribution in [0.5, 0.6) is 0 Å². The van der Waals surface area contributed by atoms with Crippen molar-refractivity contribution in [1.82, 2.24) is 9.88 Å². The van der Waals surface area contributed by atoms with E-state index in [1.165, 1.54) is 30.4 Å². The summed E-state index contributed by atoms with van der Waals surface area (Å²) in [4.78, 5) is 13.1. The van der Waals surface area contributed by atoms with E-state index in [1.54, 1.807) is 6.26 Å². The zero-order valence-electron chi connectivity index (χ0n) is 15.1. The Balaban J connectivity index is 1.46. The molecule has 3 aromatic rings. The van der Waals surface area contributed by atoms with Crippen LogP contribution in [0.15, 0.2) is 47.1 Å². The number of aryl methyl sites for hydroxylation is 1. The molecule has 2 bridgehead atoms. The van der Waals surface area contributed by atoms with Crippen LogP contribution < -0.4 is 5.32 Å². The zero-order chi connectivity index (χ0) is 17.7. The average Bonchev–Trinajstić information content (AvgIpc) is 3.38. The molecule has 2 saturated carbocycles. The Kier molecular flexibility index (Phi) is 3.66. The Morgan fingerprint density at radius 2 is 2.12 bits per heavy atom. The molecule has 0 spiro atoms. The van der Waals surface area contributed by atoms with Gasteiger partial charge in [-0.1, -0.05) is 30.7 Å². The van der Waals surface area contributed by atoms with Crippen molar-refractivity contribution in [1.29, 1.82) is 0 Å². The number of carbonyl (C=O) groups is 1. The third-order valence-corrected chi connectivity index (χ3v) is 6.38. The molecule has 2 aliphatic rings. The van der Waals surface area contributed by atoms with Crippen LogP contribution in [0.25, 0.3) is 11.1 Å². The highest BCUT2D eigenvalue weighted by molar-refractivity contribution is 5.98. The quantitative estimate of drug-likeness (QED) is 0.754. The van der Waals surface area contributed by atoms with Crippen LogP contribution in [0.3, 0.4) is 0 Å². The van der Waals surface area contributed by atoms with Gasteiger partial charge in [0.25, 0.3) is 5.91 Å². The molecular formula is C22H24N2O2. The fourth-order valence-corrected chi connectivity index (χ4v) is 4.94. The fraction of sp³-hybridized carbons (Fsp3) is 0.409. The van der Waals surface area contributed by atoms with Crippen molar-refractivity contribution in [3.8, 4) is 0 Å². The first-order valence-corrected chi connectivity index (χ1v) is 9.61. The maximum atomic E-state index is 13.1. The lowest BCUT2D eigenvalue weighted by molar-refractivity contribution is 0.0914. The molecule has 4 nitrogen and oxygen atoms in total. The maximum absolute atomic E-state index is 13.1. The minimum absolute atomic E-state index is 0.0301. The van der Waals surface area contributed by atoms with Crippen molar-refractivity contribution >= 4 is 17.0 Å². The first-order chi connectivity index (χ1) is 12.7. The van der Waals surface area contributed by atoms with Crippen LogP contribution in [-0.2, 0) is 6.54 Å². The summed E-state index contributed by atoms with van der Waals surface area (Å²) in [6, 6.07) is 12.5. The average molecular weight is 348 g/mol. The number of hydrogen-bond donors (Lipinski definition) is 1. The predicted molar refractivity (Wildman–Crippen MR) is 101 cm³/mol. The van der Waals surface area contributed by atoms with Crippen LogP contribution >= 0.6 is 0 Å². The van der Waals surface area contributed by atoms with Crippen molar-refractivity contribution in [3.05, 3.63) is 59.5 Å². The van der Waals surface area contributed by atoms with Crippen molar-refractivity contribution in [2.45, 2.75) is 45.2 Å². The van der Waals surface area contributed by atoms with Gasteiger partial charge in [0.05, 0.1) is 12.8 Å². The summed E-state index contributed by atoms with van der Waals surface area (Å²) < 4.78 is 7.71. The second kappa shape index (κ2) is 6.04. The van der Waals surface area contributed by atoms with E-state index in [0.717, 1.165) is 23.4 Å². The summed E-state index contributed by atoms with van der Waals surface area (Å²) in [5.74, 6) is 1.52. The molecule has 0 saturated heterocycles. The molecule has 1 N–H and O–H groups in total. The summed E-state index contributed by atoms with van der Waals surface area (Å²) >= 11 is 0. The monoisotopic (exact) mass is 348 g/mol. The van der Waals surface area contributed by atoms with Gasteiger partial charge in [0, 0.05) is 11.4 Å². The van der Waals surface area contributed by atoms with Gasteiger partial charge >= 0.3 is 0 Å². The SMILES string of the molecule is Cc1ccccc1Cn1c(C(=O)N[C@@H]2C[C@H]3CC[C@@H]2C3)cc2ccoc21. The smallest absolute Gasteiger partial charge is 0.268 e. The van der Waals surface area contributed by atoms with Gasteiger partial charge in [0.2, 0.25) is 5.71 Å². The number of nitrogens with zero attached hydrogens (tertiary/aromatic N) is 1. The number of fused-ring (bicyclic) bond motifs is 3. The summed E-state index contributed by atoms with van der Waals surface area (Å²) in [5, 5.41) is 4.30. The fourth-order valence-electron chi connectivity index (χ4n) is 4.94. The van der Waals surface area contributed by atoms with Gasteiger partial charge in [-0.25, -0.2) is 0 Å². The first-order valence-electron chi connectivity index (χ1n) is 9.61. The second-order valence-corrected chi connectivity index (χ2v) is 7.98. The van der Waals surface area contributed by atoms with Crippen molar-refractivity contribution in [2.75, 3.05) is 0 Å². The van der Waals surface area contributed by atoms with Crippen LogP contribution in [0.1, 0.15) is 47.3 Å². The zero-order valence-corrected chi connectivity index (χ0v) is 15.1. The van der Waals surface area contributed by atoms with E-state index in [2.05, 4.69) is 24.4 Å². The molecular weight excluding hydrogens is 324 g/mol. The number of nitrogens with one attached hydrogen (secondary N) is 1. The van der Waals surface area contributed by atoms with E-state index in [1.807, 2.05) is 28.8 Å². The number of hydrogen-bond acceptors (Lipinski definition) is 2. The van der Waals surface area contributed by atoms with Gasteiger partial charge in [0.15, 0.2) is 0 Å². The second-order valence-electron chi connectivity index (χ2n) is 7.98. The number of aromatic nitrogens is 1. The molecule has 26 heavy (non-hydrogen) atoms. The standard InChI is InChI=1S/C22H24N2O2/c1-14-4-2-3-5-18(14)13-24-20(12-17-8-9-26-22(17)24)21(25)23-19-11-15-6-7-16(19)10-15/h2-5,8-9,12,15-16,19H,6-7,10-11,13H2,1H3,(H,23,25)/t15-,16+,19+/m0/s1. The Hall–Kier alpha value is -2.49. The molecule has 0 radical (unpaired) electrons. The molecule has 1 amide bonds. The highest BCUT2D eigenvalue weighted by Crippen LogP contribution is 2.44. The largest absolute Gasteiger partial charge is 0.448 e. The Morgan fingerprint density at radius 1 is 1.23 bits per heavy atom. The van der Waals surface area contributed by atoms with E-state index in [0.29, 0.717) is 24.2 Å². The highest BCUT2D eigenvalue weighted by atomic mass is 16.3. The molecule has 2 heterocycles. The Morgan fingerprint density at radius 3 is 2.88 bits per heavy atom. The van der Waals surface area contributed by atoms with Crippen molar-refractivity contribution < 1.29 is 9.21 Å². The summed E-state index contributed by atoms with van der Waals surface area (Å²) in [6.07, 6.45) is 6.73. The summed E-state index contributed by atoms with van der Waals surface area (Å²) in [5.41, 5.74) is 3.90. The molecule has 4 heteroatoms. The van der Waals surface area contributed by atoms with E-state index < -0.39 is 0 Å². The lowest BCUT2D eigenvalue weighted by Gasteiger charge is -2.23. The molecule has 0 unspecified atom stereocenters. The van der Waals surface area contributed by atoms with Crippen LogP contribution in [-0.4, -0.2) is 16.5 Å². The van der Waals surface area contributed by atoms with Gasteiger partial charge in [-0.15, -0.1) is 0 Å². The Labute approximate surface area is 153 Å². The van der Waals surface area contributed by atoms with Crippen molar-refractivity contribution in [2.24, 2.45) is 11.8 Å². The van der Waals surface area contributed by atoms with E-state index in [-0.39, 0.29) is 5.91 Å². The molecule has 134 valence electrons. The van der Waals surface area contributed by atoms with E-state index in [9.17, 15) is 4.79 Å². The summed E-state index contributed by atoms with van der Waals surface area (Å²) in [7, 11) is 0. The first kappa shape index (κ1) is 15.7. The minimum Gasteiger partial charge on any atom is -0.448 e. The van der Waals surface area contributed by atoms with E-state index >= 15 is 0 Å². The van der Waals surface area contributed by atoms with Crippen LogP contribution in [0.2, 0.25) is 0 Å². The molecule has 5 rings (SSSR count). The Bertz CT molecular complexity index is 968. The topological polar surface area (TPSA) is 47.2 Å². The number of furan rings is 1.